The molecule has 10 rings (SSSR count). The number of benzene rings is 6. The highest BCUT2D eigenvalue weighted by atomic mass is 32.2. The lowest BCUT2D eigenvalue weighted by atomic mass is 9.98. The number of hydrogen-bond acceptors (Lipinski definition) is 22. The number of amides is 13. The van der Waals surface area contributed by atoms with Gasteiger partial charge in [0.25, 0.3) is 0 Å². The molecule has 15 atom stereocenters. The second-order valence-corrected chi connectivity index (χ2v) is 37.5. The lowest BCUT2D eigenvalue weighted by Crippen LogP contribution is -2.60. The number of phenolic OH excluding ortho intramolecular Hbond substituents is 2. The van der Waals surface area contributed by atoms with Crippen LogP contribution in [0.3, 0.4) is 0 Å². The number of aromatic amines is 1. The number of primary amides is 1. The van der Waals surface area contributed by atoms with E-state index in [1.165, 1.54) is 79.1 Å². The summed E-state index contributed by atoms with van der Waals surface area (Å²) in [4.78, 5) is 223. The van der Waals surface area contributed by atoms with E-state index in [4.69, 9.17) is 16.2 Å². The van der Waals surface area contributed by atoms with E-state index in [2.05, 4.69) is 47.5 Å². The van der Waals surface area contributed by atoms with Crippen molar-refractivity contribution >= 4 is 123 Å². The number of hydrogen-bond donors (Lipinski definition) is 14. The molecular formula is C97H121F3N16O19S2. The number of unbranched alkanes of at least 4 members (excludes halogenated alkanes) is 1. The standard InChI is InChI=1S/C97H121F3N16O19S2/c1-9-10-26-76(95(133)116-53-137-51-79(116)92(130)105-62(49-117)46-82(122)123)112(6)94(132)78(44-57-22-15-12-16-23-57)114(8)93(131)73(42-60-38-66(98)83(100)67(99)39-60)106-81(121)52-136-50-74(86(124)104-48-80(101)120)111-87(125)70(37-54(2)3)108-88(126)71(41-59-30-34-64(119)35-31-59)109-89(127)72(45-61-47-103-68-25-18-17-24-65(61)68)110-90(128)75-27-19-36-115(75)97-85(135-97)69(40-58-28-32-63(118)33-29-58)107-91(129)77(43-56-20-13-11-14-21-56)113(7)96(134)84(102)55(4)5/h11-18,20-25,28-35,38-39,47,49,54-55,62,69-79,84-85,97,103,118-119H,9-10,19,26-27,36-37,40-46,48,50-53,102H2,1-8H3,(H2,101,120)(H,104,124)(H,105,130)(H,106,121)(H,107,129)(H,108,126)(H,109,127)(H,110,128)(H,111,125)(H,122,123)/t62-,69-,70-,71-,72-,73-,74-,75+,76-,77?,78?,79+,84-,85?,97?/m0/s1. The minimum Gasteiger partial charge on any atom is -0.508 e. The Hall–Kier alpha value is -12.9. The molecule has 4 unspecified atom stereocenters. The number of likely N-dealkylation sites (N-methyl/N-ethyl adjacent to an activating group) is 3. The zero-order valence-electron chi connectivity index (χ0n) is 77.5. The van der Waals surface area contributed by atoms with Crippen molar-refractivity contribution in [3.63, 3.8) is 0 Å². The summed E-state index contributed by atoms with van der Waals surface area (Å²) in [6.07, 6.45) is 0.185. The van der Waals surface area contributed by atoms with Crippen LogP contribution < -0.4 is 54.0 Å². The molecule has 0 aliphatic carbocycles. The largest absolute Gasteiger partial charge is 0.508 e. The molecule has 40 heteroatoms. The number of phenols is 2. The minimum absolute atomic E-state index is 0.00914. The van der Waals surface area contributed by atoms with Gasteiger partial charge in [-0.25, -0.2) is 13.2 Å². The second-order valence-electron chi connectivity index (χ2n) is 35.4. The zero-order chi connectivity index (χ0) is 99.6. The number of para-hydroxylation sites is 1. The number of fused-ring (bicyclic) bond motifs is 1. The molecule has 137 heavy (non-hydrogen) atoms. The number of carbonyl (C=O) groups is 15. The first kappa shape index (κ1) is 106. The lowest BCUT2D eigenvalue weighted by molar-refractivity contribution is -0.152. The number of rotatable bonds is 50. The van der Waals surface area contributed by atoms with Crippen molar-refractivity contribution in [2.75, 3.05) is 57.4 Å². The zero-order valence-corrected chi connectivity index (χ0v) is 79.1. The number of halogens is 3. The van der Waals surface area contributed by atoms with E-state index in [0.717, 1.165) is 15.4 Å². The van der Waals surface area contributed by atoms with Crippen molar-refractivity contribution in [3.05, 3.63) is 203 Å². The summed E-state index contributed by atoms with van der Waals surface area (Å²) in [5, 5.41) is 52.5. The third kappa shape index (κ3) is 29.8. The maximum Gasteiger partial charge on any atom is 0.305 e. The van der Waals surface area contributed by atoms with Crippen LogP contribution in [-0.4, -0.2) is 282 Å². The number of aliphatic carboxylic acids is 1. The fourth-order valence-corrected chi connectivity index (χ4v) is 18.7. The molecule has 0 saturated carbocycles. The van der Waals surface area contributed by atoms with Crippen LogP contribution in [0.1, 0.15) is 113 Å². The Morgan fingerprint density at radius 2 is 1.15 bits per heavy atom. The van der Waals surface area contributed by atoms with Crippen molar-refractivity contribution in [2.24, 2.45) is 23.3 Å². The summed E-state index contributed by atoms with van der Waals surface area (Å²) in [7, 11) is 4.07. The highest BCUT2D eigenvalue weighted by Gasteiger charge is 2.54. The molecule has 35 nitrogen and oxygen atoms in total. The topological polar surface area (TPSA) is 510 Å². The van der Waals surface area contributed by atoms with Crippen LogP contribution in [0.25, 0.3) is 10.9 Å². The summed E-state index contributed by atoms with van der Waals surface area (Å²) in [6, 6.07) is 20.9. The van der Waals surface area contributed by atoms with Gasteiger partial charge >= 0.3 is 5.97 Å². The number of ether oxygens (including phenoxy) is 1. The van der Waals surface area contributed by atoms with Crippen LogP contribution in [0.2, 0.25) is 0 Å². The average molecular weight is 1940 g/mol. The van der Waals surface area contributed by atoms with Gasteiger partial charge in [-0.1, -0.05) is 151 Å². The van der Waals surface area contributed by atoms with E-state index < -0.39 is 228 Å². The maximum atomic E-state index is 15.6. The predicted octanol–water partition coefficient (Wildman–Crippen LogP) is 3.95. The Kier molecular flexibility index (Phi) is 38.9. The van der Waals surface area contributed by atoms with Gasteiger partial charge in [0.05, 0.1) is 48.8 Å². The van der Waals surface area contributed by atoms with Gasteiger partial charge in [0, 0.05) is 88.4 Å². The summed E-state index contributed by atoms with van der Waals surface area (Å²) in [5.74, 6) is -19.2. The molecule has 3 aliphatic rings. The Labute approximate surface area is 800 Å². The van der Waals surface area contributed by atoms with Gasteiger partial charge in [-0.05, 0) is 120 Å². The smallest absolute Gasteiger partial charge is 0.305 e. The molecular weight excluding hydrogens is 1810 g/mol. The molecule has 3 saturated heterocycles. The van der Waals surface area contributed by atoms with Crippen LogP contribution in [-0.2, 0) is 115 Å². The van der Waals surface area contributed by atoms with Gasteiger partial charge in [-0.2, -0.15) is 0 Å². The number of H-pyrrole nitrogens is 1. The normalized spacial score (nSPS) is 17.6. The van der Waals surface area contributed by atoms with Gasteiger partial charge in [0.15, 0.2) is 17.5 Å². The molecule has 7 aromatic rings. The summed E-state index contributed by atoms with van der Waals surface area (Å²) in [5.41, 5.74) is 15.2. The SMILES string of the molecule is CCCC[C@@H](C(=O)N1CSC[C@@H]1C(=O)N[C@H](C=O)CC(=O)O)N(C)C(=O)C(Cc1ccccc1)N(C)C(=O)[C@H](Cc1cc(F)c(F)c(F)c1)NC(=O)CSC[C@H](NC(=O)[C@H](CC(C)C)NC(=O)[C@H](Cc1ccc(O)cc1)NC(=O)[C@H](Cc1c[nH]c2ccccc12)NC(=O)[C@H]1CCCN1C1OC1[C@H](Cc1ccc(O)cc1)NC(=O)C(Cc1ccccc1)N(C)C(=O)[C@@H](N)C(C)C)C(=O)NCC(N)=O. The third-order valence-corrected chi connectivity index (χ3v) is 26.4. The van der Waals surface area contributed by atoms with E-state index in [-0.39, 0.29) is 92.3 Å². The molecule has 6 aromatic carbocycles. The molecule has 736 valence electrons. The number of likely N-dealkylation sites (tertiary alicyclic amines) is 1. The number of nitrogens with one attached hydrogen (secondary N) is 9. The van der Waals surface area contributed by atoms with E-state index in [1.54, 1.807) is 68.6 Å². The van der Waals surface area contributed by atoms with Gasteiger partial charge < -0.3 is 103 Å². The van der Waals surface area contributed by atoms with Crippen LogP contribution in [0.15, 0.2) is 152 Å². The van der Waals surface area contributed by atoms with Gasteiger partial charge in [0.1, 0.15) is 84.5 Å². The number of aromatic nitrogens is 1. The van der Waals surface area contributed by atoms with Gasteiger partial charge in [0.2, 0.25) is 76.8 Å². The predicted molar refractivity (Wildman–Crippen MR) is 505 cm³/mol. The number of thioether (sulfide) groups is 2. The Morgan fingerprint density at radius 3 is 1.74 bits per heavy atom. The van der Waals surface area contributed by atoms with Crippen molar-refractivity contribution in [2.45, 2.75) is 209 Å². The number of aromatic hydroxyl groups is 2. The van der Waals surface area contributed by atoms with Crippen molar-refractivity contribution in [1.82, 2.24) is 72.0 Å². The maximum absolute atomic E-state index is 15.6. The third-order valence-electron chi connectivity index (χ3n) is 24.4. The molecule has 16 N–H and O–H groups in total. The summed E-state index contributed by atoms with van der Waals surface area (Å²) >= 11 is 1.88. The Bertz CT molecular complexity index is 5400. The lowest BCUT2D eigenvalue weighted by Gasteiger charge is -2.37. The molecule has 0 radical (unpaired) electrons. The highest BCUT2D eigenvalue weighted by molar-refractivity contribution is 8.00. The number of carbonyl (C=O) groups excluding carboxylic acids is 14. The van der Waals surface area contributed by atoms with Crippen LogP contribution >= 0.6 is 23.5 Å². The van der Waals surface area contributed by atoms with Crippen molar-refractivity contribution in [1.29, 1.82) is 0 Å². The van der Waals surface area contributed by atoms with Gasteiger partial charge in [-0.15, -0.1) is 23.5 Å². The number of nitrogens with two attached hydrogens (primary N) is 2. The minimum atomic E-state index is -1.85. The van der Waals surface area contributed by atoms with Crippen LogP contribution in [0, 0.1) is 29.3 Å². The average Bonchev–Trinajstić information content (AvgIpc) is 1.61. The molecule has 13 amide bonds. The number of aldehydes is 1. The van der Waals surface area contributed by atoms with Gasteiger partial charge in [-0.3, -0.25) is 72.0 Å². The fourth-order valence-electron chi connectivity index (χ4n) is 16.7. The van der Waals surface area contributed by atoms with E-state index in [1.807, 2.05) is 74.2 Å². The quantitative estimate of drug-likeness (QED) is 0.0146. The number of epoxide rings is 1. The van der Waals surface area contributed by atoms with E-state index in [9.17, 15) is 62.9 Å². The highest BCUT2D eigenvalue weighted by Crippen LogP contribution is 2.37. The van der Waals surface area contributed by atoms with E-state index in [0.29, 0.717) is 82.9 Å². The van der Waals surface area contributed by atoms with E-state index >= 15 is 37.5 Å². The second kappa shape index (κ2) is 50.2. The van der Waals surface area contributed by atoms with Crippen molar-refractivity contribution < 1.29 is 105 Å². The molecule has 0 spiro atoms. The van der Waals surface area contributed by atoms with Crippen LogP contribution in [0.5, 0.6) is 11.5 Å². The van der Waals surface area contributed by atoms with Crippen LogP contribution in [0.4, 0.5) is 13.2 Å². The first-order chi connectivity index (χ1) is 65.3. The molecule has 3 fully saturated rings. The number of nitrogens with zero attached hydrogens (tertiary/aromatic N) is 5. The van der Waals surface area contributed by atoms with Crippen molar-refractivity contribution in [3.8, 4) is 11.5 Å². The molecule has 0 bridgehead atoms. The first-order valence-electron chi connectivity index (χ1n) is 45.4. The molecule has 3 aliphatic heterocycles. The summed E-state index contributed by atoms with van der Waals surface area (Å²) in [6.45, 7) is 8.48. The molecule has 4 heterocycles. The first-order valence-corrected chi connectivity index (χ1v) is 47.7. The monoisotopic (exact) mass is 1930 g/mol. The fraction of sp³-hybridized carbons (Fsp3) is 0.454. The Balaban J connectivity index is 0.876. The Morgan fingerprint density at radius 1 is 0.599 bits per heavy atom. The number of carboxylic acid groups (broad SMARTS) is 1. The number of carboxylic acids is 1. The molecule has 1 aromatic heterocycles. The summed E-state index contributed by atoms with van der Waals surface area (Å²) < 4.78 is 51.4.